The Balaban J connectivity index is 1.79. The highest BCUT2D eigenvalue weighted by atomic mass is 19.4. The molecule has 13 heteroatoms. The van der Waals surface area contributed by atoms with E-state index in [0.717, 1.165) is 26.0 Å². The molecule has 0 bridgehead atoms. The summed E-state index contributed by atoms with van der Waals surface area (Å²) in [5.41, 5.74) is -2.10. The highest BCUT2D eigenvalue weighted by Gasteiger charge is 2.50. The third-order valence-electron chi connectivity index (χ3n) is 6.18. The predicted molar refractivity (Wildman–Crippen MR) is 127 cm³/mol. The van der Waals surface area contributed by atoms with Crippen LogP contribution in [-0.4, -0.2) is 44.9 Å². The van der Waals surface area contributed by atoms with Crippen molar-refractivity contribution in [3.63, 3.8) is 0 Å². The first-order chi connectivity index (χ1) is 17.8. The molecule has 0 saturated carbocycles. The maximum Gasteiger partial charge on any atom is 0.427 e. The second-order valence-electron chi connectivity index (χ2n) is 9.25. The zero-order valence-corrected chi connectivity index (χ0v) is 20.4. The number of ether oxygens (including phenoxy) is 1. The van der Waals surface area contributed by atoms with Gasteiger partial charge in [0.25, 0.3) is 0 Å². The summed E-state index contributed by atoms with van der Waals surface area (Å²) >= 11 is 0. The Bertz CT molecular complexity index is 1440. The lowest BCUT2D eigenvalue weighted by Gasteiger charge is -2.29. The molecule has 3 heterocycles. The van der Waals surface area contributed by atoms with Gasteiger partial charge in [0.2, 0.25) is 11.8 Å². The Hall–Kier alpha value is -4.47. The van der Waals surface area contributed by atoms with Gasteiger partial charge in [-0.05, 0) is 32.0 Å². The predicted octanol–water partition coefficient (Wildman–Crippen LogP) is 3.99. The van der Waals surface area contributed by atoms with E-state index in [1.807, 2.05) is 6.07 Å². The number of pyridine rings is 1. The quantitative estimate of drug-likeness (QED) is 0.465. The van der Waals surface area contributed by atoms with Crippen LogP contribution in [0, 0.1) is 29.0 Å². The number of benzene rings is 1. The highest BCUT2D eigenvalue weighted by Crippen LogP contribution is 2.37. The molecular weight excluding hydrogens is 508 g/mol. The average molecular weight is 530 g/mol. The van der Waals surface area contributed by atoms with E-state index in [2.05, 4.69) is 20.7 Å². The third-order valence-corrected chi connectivity index (χ3v) is 6.18. The van der Waals surface area contributed by atoms with Crippen LogP contribution in [0.1, 0.15) is 26.3 Å². The first-order valence-electron chi connectivity index (χ1n) is 11.4. The van der Waals surface area contributed by atoms with E-state index < -0.39 is 41.1 Å². The van der Waals surface area contributed by atoms with E-state index >= 15 is 0 Å². The van der Waals surface area contributed by atoms with E-state index in [0.29, 0.717) is 0 Å². The molecule has 1 aromatic carbocycles. The van der Waals surface area contributed by atoms with E-state index in [-0.39, 0.29) is 40.8 Å². The SMILES string of the molecule is C[C@H]1C(=O)NC[C@@H]1C(=O)Nc1cc(-c2cc(F)cc(OC(C)(C)C(F)(F)F)c2)n(-c2cnccc2C#N)n1. The van der Waals surface area contributed by atoms with Crippen molar-refractivity contribution in [3.05, 3.63) is 54.1 Å². The first-order valence-corrected chi connectivity index (χ1v) is 11.4. The maximum absolute atomic E-state index is 14.6. The molecule has 3 aromatic rings. The van der Waals surface area contributed by atoms with Gasteiger partial charge in [0.05, 0.1) is 23.4 Å². The van der Waals surface area contributed by atoms with E-state index in [4.69, 9.17) is 4.74 Å². The fourth-order valence-electron chi connectivity index (χ4n) is 3.87. The average Bonchev–Trinajstić information content (AvgIpc) is 3.40. The lowest BCUT2D eigenvalue weighted by Crippen LogP contribution is -2.44. The van der Waals surface area contributed by atoms with Gasteiger partial charge in [-0.2, -0.15) is 18.4 Å². The van der Waals surface area contributed by atoms with Gasteiger partial charge in [-0.25, -0.2) is 9.07 Å². The van der Waals surface area contributed by atoms with Crippen molar-refractivity contribution in [2.45, 2.75) is 32.5 Å². The lowest BCUT2D eigenvalue weighted by atomic mass is 9.97. The molecule has 38 heavy (non-hydrogen) atoms. The summed E-state index contributed by atoms with van der Waals surface area (Å²) in [7, 11) is 0. The van der Waals surface area contributed by atoms with E-state index in [1.54, 1.807) is 6.92 Å². The van der Waals surface area contributed by atoms with Crippen molar-refractivity contribution < 1.29 is 31.9 Å². The number of nitrogens with one attached hydrogen (secondary N) is 2. The number of carbonyl (C=O) groups is 2. The van der Waals surface area contributed by atoms with Crippen LogP contribution >= 0.6 is 0 Å². The van der Waals surface area contributed by atoms with Gasteiger partial charge >= 0.3 is 6.18 Å². The molecule has 9 nitrogen and oxygen atoms in total. The lowest BCUT2D eigenvalue weighted by molar-refractivity contribution is -0.234. The van der Waals surface area contributed by atoms with Gasteiger partial charge in [0.15, 0.2) is 11.4 Å². The van der Waals surface area contributed by atoms with E-state index in [9.17, 15) is 32.4 Å². The molecule has 1 aliphatic heterocycles. The summed E-state index contributed by atoms with van der Waals surface area (Å²) in [6, 6.07) is 7.84. The summed E-state index contributed by atoms with van der Waals surface area (Å²) in [4.78, 5) is 28.6. The van der Waals surface area contributed by atoms with Crippen molar-refractivity contribution in [3.8, 4) is 28.8 Å². The summed E-state index contributed by atoms with van der Waals surface area (Å²) in [6.45, 7) is 3.38. The van der Waals surface area contributed by atoms with Crippen molar-refractivity contribution in [1.29, 1.82) is 5.26 Å². The summed E-state index contributed by atoms with van der Waals surface area (Å²) in [6.07, 6.45) is -2.03. The monoisotopic (exact) mass is 530 g/mol. The van der Waals surface area contributed by atoms with Crippen molar-refractivity contribution in [1.82, 2.24) is 20.1 Å². The Labute approximate surface area is 214 Å². The molecule has 0 unspecified atom stereocenters. The van der Waals surface area contributed by atoms with Crippen LogP contribution in [0.25, 0.3) is 16.9 Å². The number of carbonyl (C=O) groups excluding carboxylic acids is 2. The van der Waals surface area contributed by atoms with Crippen molar-refractivity contribution in [2.24, 2.45) is 11.8 Å². The Morgan fingerprint density at radius 1 is 1.26 bits per heavy atom. The molecule has 1 fully saturated rings. The standard InChI is InChI=1S/C25H22F4N6O3/c1-13-18(11-32-22(13)36)23(37)33-21-9-19(35(34-21)20-12-31-5-4-14(20)10-30)15-6-16(26)8-17(7-15)38-24(2,3)25(27,28)29/h4-9,12-13,18H,11H2,1-3H3,(H,32,36)(H,33,34,37)/t13-,18+/m1/s1. The molecular formula is C25H22F4N6O3. The number of rotatable bonds is 6. The Kier molecular flexibility index (Phi) is 6.84. The number of hydrogen-bond acceptors (Lipinski definition) is 6. The minimum atomic E-state index is -4.73. The van der Waals surface area contributed by atoms with Crippen LogP contribution in [-0.2, 0) is 9.59 Å². The van der Waals surface area contributed by atoms with Crippen LogP contribution in [0.2, 0.25) is 0 Å². The first kappa shape index (κ1) is 26.6. The molecule has 198 valence electrons. The van der Waals surface area contributed by atoms with Gasteiger partial charge < -0.3 is 15.4 Å². The van der Waals surface area contributed by atoms with Crippen molar-refractivity contribution >= 4 is 17.6 Å². The zero-order valence-electron chi connectivity index (χ0n) is 20.4. The molecule has 2 atom stereocenters. The summed E-state index contributed by atoms with van der Waals surface area (Å²) < 4.78 is 61.1. The summed E-state index contributed by atoms with van der Waals surface area (Å²) in [5.74, 6) is -3.26. The molecule has 1 saturated heterocycles. The number of nitrogens with zero attached hydrogens (tertiary/aromatic N) is 4. The minimum absolute atomic E-state index is 0.00615. The van der Waals surface area contributed by atoms with Gasteiger partial charge in [-0.3, -0.25) is 14.6 Å². The van der Waals surface area contributed by atoms with Crippen LogP contribution in [0.15, 0.2) is 42.7 Å². The molecule has 4 rings (SSSR count). The van der Waals surface area contributed by atoms with Gasteiger partial charge in [-0.15, -0.1) is 5.10 Å². The minimum Gasteiger partial charge on any atom is -0.478 e. The van der Waals surface area contributed by atoms with Crippen LogP contribution in [0.3, 0.4) is 0 Å². The van der Waals surface area contributed by atoms with Crippen LogP contribution < -0.4 is 15.4 Å². The van der Waals surface area contributed by atoms with Gasteiger partial charge in [0.1, 0.15) is 23.3 Å². The smallest absolute Gasteiger partial charge is 0.427 e. The molecule has 1 aliphatic rings. The fourth-order valence-corrected chi connectivity index (χ4v) is 3.87. The second-order valence-corrected chi connectivity index (χ2v) is 9.25. The molecule has 0 spiro atoms. The van der Waals surface area contributed by atoms with Crippen LogP contribution in [0.4, 0.5) is 23.4 Å². The zero-order chi connectivity index (χ0) is 27.8. The molecule has 2 amide bonds. The number of nitriles is 1. The number of amides is 2. The number of alkyl halides is 3. The summed E-state index contributed by atoms with van der Waals surface area (Å²) in [5, 5.41) is 19.1. The van der Waals surface area contributed by atoms with Gasteiger partial charge in [-0.1, -0.05) is 6.92 Å². The molecule has 2 aromatic heterocycles. The van der Waals surface area contributed by atoms with Crippen LogP contribution in [0.5, 0.6) is 5.75 Å². The number of halogens is 4. The Morgan fingerprint density at radius 2 is 2.00 bits per heavy atom. The Morgan fingerprint density at radius 3 is 2.63 bits per heavy atom. The number of aromatic nitrogens is 3. The fraction of sp³-hybridized carbons (Fsp3) is 0.320. The number of anilines is 1. The largest absolute Gasteiger partial charge is 0.478 e. The van der Waals surface area contributed by atoms with E-state index in [1.165, 1.54) is 35.3 Å². The topological polar surface area (TPSA) is 122 Å². The van der Waals surface area contributed by atoms with Crippen molar-refractivity contribution in [2.75, 3.05) is 11.9 Å². The second kappa shape index (κ2) is 9.77. The third kappa shape index (κ3) is 5.15. The molecule has 2 N–H and O–H groups in total. The maximum atomic E-state index is 14.6. The normalized spacial score (nSPS) is 17.6. The van der Waals surface area contributed by atoms with Gasteiger partial charge in [0, 0.05) is 36.4 Å². The molecule has 0 radical (unpaired) electrons. The highest BCUT2D eigenvalue weighted by molar-refractivity contribution is 5.98. The number of hydrogen-bond donors (Lipinski definition) is 2. The molecule has 0 aliphatic carbocycles.